The molecule has 0 aromatic heterocycles. The molecule has 0 atom stereocenters. The lowest BCUT2D eigenvalue weighted by atomic mass is 10.1. The third-order valence-corrected chi connectivity index (χ3v) is 2.92. The number of amides is 2. The van der Waals surface area contributed by atoms with Gasteiger partial charge in [0, 0.05) is 24.1 Å². The highest BCUT2D eigenvalue weighted by atomic mass is 16.2. The molecule has 0 saturated carbocycles. The van der Waals surface area contributed by atoms with Crippen molar-refractivity contribution in [3.05, 3.63) is 35.4 Å². The molecule has 0 saturated heterocycles. The quantitative estimate of drug-likeness (QED) is 0.708. The van der Waals surface area contributed by atoms with Crippen molar-refractivity contribution in [3.63, 3.8) is 0 Å². The summed E-state index contributed by atoms with van der Waals surface area (Å²) in [6.07, 6.45) is 3.22. The Bertz CT molecular complexity index is 480. The van der Waals surface area contributed by atoms with Crippen LogP contribution in [0.3, 0.4) is 0 Å². The number of hydrogen-bond acceptors (Lipinski definition) is 3. The minimum absolute atomic E-state index is 0.174. The number of primary amides is 1. The fourth-order valence-corrected chi connectivity index (χ4v) is 1.77. The summed E-state index contributed by atoms with van der Waals surface area (Å²) in [4.78, 5) is 33.4. The molecule has 0 spiro atoms. The number of nitrogens with two attached hydrogens (primary N) is 1. The van der Waals surface area contributed by atoms with Gasteiger partial charge in [-0.15, -0.1) is 0 Å². The number of carbonyl (C=O) groups is 3. The smallest absolute Gasteiger partial charge is 0.251 e. The van der Waals surface area contributed by atoms with E-state index in [0.29, 0.717) is 24.1 Å². The maximum atomic E-state index is 11.8. The number of ketones is 1. The largest absolute Gasteiger partial charge is 0.366 e. The zero-order chi connectivity index (χ0) is 15.0. The van der Waals surface area contributed by atoms with E-state index in [1.807, 2.05) is 0 Å². The van der Waals surface area contributed by atoms with Crippen molar-refractivity contribution >= 4 is 17.6 Å². The van der Waals surface area contributed by atoms with E-state index in [9.17, 15) is 14.4 Å². The molecule has 20 heavy (non-hydrogen) atoms. The molecule has 0 aliphatic heterocycles. The average molecular weight is 276 g/mol. The van der Waals surface area contributed by atoms with Crippen molar-refractivity contribution in [1.29, 1.82) is 0 Å². The summed E-state index contributed by atoms with van der Waals surface area (Å²) in [6, 6.07) is 6.21. The van der Waals surface area contributed by atoms with Crippen molar-refractivity contribution in [3.8, 4) is 0 Å². The highest BCUT2D eigenvalue weighted by Gasteiger charge is 2.06. The van der Waals surface area contributed by atoms with Gasteiger partial charge in [0.1, 0.15) is 5.78 Å². The lowest BCUT2D eigenvalue weighted by molar-refractivity contribution is -0.117. The lowest BCUT2D eigenvalue weighted by Crippen LogP contribution is -2.24. The molecule has 0 fully saturated rings. The van der Waals surface area contributed by atoms with Crippen molar-refractivity contribution in [2.75, 3.05) is 6.54 Å². The maximum Gasteiger partial charge on any atom is 0.251 e. The third kappa shape index (κ3) is 5.65. The summed E-state index contributed by atoms with van der Waals surface area (Å²) in [5, 5.41) is 2.80. The van der Waals surface area contributed by atoms with Gasteiger partial charge in [-0.3, -0.25) is 9.59 Å². The van der Waals surface area contributed by atoms with Crippen LogP contribution in [0.4, 0.5) is 0 Å². The minimum Gasteiger partial charge on any atom is -0.366 e. The second-order valence-corrected chi connectivity index (χ2v) is 4.71. The summed E-state index contributed by atoms with van der Waals surface area (Å²) in [5.41, 5.74) is 6.00. The normalized spacial score (nSPS) is 10.1. The zero-order valence-corrected chi connectivity index (χ0v) is 11.6. The van der Waals surface area contributed by atoms with Crippen LogP contribution in [-0.2, 0) is 4.79 Å². The van der Waals surface area contributed by atoms with Gasteiger partial charge in [-0.25, -0.2) is 0 Å². The summed E-state index contributed by atoms with van der Waals surface area (Å²) < 4.78 is 0. The number of Topliss-reactive ketones (excluding diaryl/α,β-unsaturated/α-hetero) is 1. The van der Waals surface area contributed by atoms with E-state index in [1.165, 1.54) is 12.1 Å². The molecule has 0 heterocycles. The molecule has 0 bridgehead atoms. The van der Waals surface area contributed by atoms with Crippen LogP contribution >= 0.6 is 0 Å². The van der Waals surface area contributed by atoms with Crippen LogP contribution in [0.25, 0.3) is 0 Å². The van der Waals surface area contributed by atoms with Crippen LogP contribution in [0, 0.1) is 0 Å². The van der Waals surface area contributed by atoms with E-state index >= 15 is 0 Å². The Morgan fingerprint density at radius 2 is 1.60 bits per heavy atom. The van der Waals surface area contributed by atoms with Gasteiger partial charge in [0.05, 0.1) is 0 Å². The molecule has 0 unspecified atom stereocenters. The first kappa shape index (κ1) is 15.9. The van der Waals surface area contributed by atoms with E-state index < -0.39 is 5.91 Å². The molecule has 5 nitrogen and oxygen atoms in total. The molecule has 0 aliphatic rings. The lowest BCUT2D eigenvalue weighted by Gasteiger charge is -2.05. The van der Waals surface area contributed by atoms with Crippen LogP contribution in [-0.4, -0.2) is 24.1 Å². The van der Waals surface area contributed by atoms with Gasteiger partial charge in [0.2, 0.25) is 5.91 Å². The van der Waals surface area contributed by atoms with Gasteiger partial charge in [0.25, 0.3) is 5.91 Å². The van der Waals surface area contributed by atoms with Gasteiger partial charge < -0.3 is 15.8 Å². The van der Waals surface area contributed by atoms with E-state index in [2.05, 4.69) is 5.32 Å². The van der Waals surface area contributed by atoms with Crippen LogP contribution in [0.1, 0.15) is 53.3 Å². The van der Waals surface area contributed by atoms with E-state index in [-0.39, 0.29) is 11.7 Å². The molecule has 0 radical (unpaired) electrons. The van der Waals surface area contributed by atoms with E-state index in [1.54, 1.807) is 19.1 Å². The molecule has 1 aromatic rings. The fraction of sp³-hybridized carbons (Fsp3) is 0.400. The predicted octanol–water partition coefficient (Wildman–Crippen LogP) is 1.66. The summed E-state index contributed by atoms with van der Waals surface area (Å²) in [5.74, 6) is -0.487. The number of rotatable bonds is 8. The first-order valence-corrected chi connectivity index (χ1v) is 6.68. The summed E-state index contributed by atoms with van der Waals surface area (Å²) in [6.45, 7) is 2.16. The van der Waals surface area contributed by atoms with Crippen LogP contribution in [0.2, 0.25) is 0 Å². The molecule has 108 valence electrons. The zero-order valence-electron chi connectivity index (χ0n) is 11.6. The Labute approximate surface area is 118 Å². The van der Waals surface area contributed by atoms with Gasteiger partial charge in [-0.1, -0.05) is 6.42 Å². The molecular formula is C15H20N2O3. The highest BCUT2D eigenvalue weighted by molar-refractivity contribution is 5.97. The second-order valence-electron chi connectivity index (χ2n) is 4.71. The molecule has 5 heteroatoms. The van der Waals surface area contributed by atoms with Crippen molar-refractivity contribution in [2.45, 2.75) is 32.6 Å². The van der Waals surface area contributed by atoms with E-state index in [0.717, 1.165) is 19.3 Å². The average Bonchev–Trinajstić information content (AvgIpc) is 2.42. The predicted molar refractivity (Wildman–Crippen MR) is 76.4 cm³/mol. The molecule has 3 N–H and O–H groups in total. The van der Waals surface area contributed by atoms with Crippen molar-refractivity contribution in [2.24, 2.45) is 5.73 Å². The molecule has 0 aliphatic carbocycles. The van der Waals surface area contributed by atoms with Gasteiger partial charge in [-0.05, 0) is 44.0 Å². The Morgan fingerprint density at radius 1 is 1.00 bits per heavy atom. The number of nitrogens with one attached hydrogen (secondary N) is 1. The molecular weight excluding hydrogens is 256 g/mol. The number of benzene rings is 1. The maximum absolute atomic E-state index is 11.8. The van der Waals surface area contributed by atoms with Crippen molar-refractivity contribution in [1.82, 2.24) is 5.32 Å². The third-order valence-electron chi connectivity index (χ3n) is 2.92. The summed E-state index contributed by atoms with van der Waals surface area (Å²) >= 11 is 0. The Kier molecular flexibility index (Phi) is 6.43. The van der Waals surface area contributed by atoms with Gasteiger partial charge in [0.15, 0.2) is 0 Å². The SMILES string of the molecule is CC(=O)CCCCCNC(=O)c1ccc(C(N)=O)cc1. The van der Waals surface area contributed by atoms with Crippen LogP contribution < -0.4 is 11.1 Å². The molecule has 1 aromatic carbocycles. The Balaban J connectivity index is 2.29. The highest BCUT2D eigenvalue weighted by Crippen LogP contribution is 2.04. The Morgan fingerprint density at radius 3 is 2.15 bits per heavy atom. The van der Waals surface area contributed by atoms with E-state index in [4.69, 9.17) is 5.73 Å². The topological polar surface area (TPSA) is 89.3 Å². The first-order valence-electron chi connectivity index (χ1n) is 6.68. The standard InChI is InChI=1S/C15H20N2O3/c1-11(18)5-3-2-4-10-17-15(20)13-8-6-12(7-9-13)14(16)19/h6-9H,2-5,10H2,1H3,(H2,16,19)(H,17,20). The Hall–Kier alpha value is -2.17. The molecule has 2 amide bonds. The minimum atomic E-state index is -0.512. The van der Waals surface area contributed by atoms with Crippen LogP contribution in [0.15, 0.2) is 24.3 Å². The number of hydrogen-bond donors (Lipinski definition) is 2. The van der Waals surface area contributed by atoms with Crippen LogP contribution in [0.5, 0.6) is 0 Å². The molecule has 1 rings (SSSR count). The second kappa shape index (κ2) is 8.09. The van der Waals surface area contributed by atoms with Gasteiger partial charge >= 0.3 is 0 Å². The number of unbranched alkanes of at least 4 members (excludes halogenated alkanes) is 2. The first-order chi connectivity index (χ1) is 9.50. The number of carbonyl (C=O) groups excluding carboxylic acids is 3. The fourth-order valence-electron chi connectivity index (χ4n) is 1.77. The van der Waals surface area contributed by atoms with Gasteiger partial charge in [-0.2, -0.15) is 0 Å². The monoisotopic (exact) mass is 276 g/mol. The summed E-state index contributed by atoms with van der Waals surface area (Å²) in [7, 11) is 0. The van der Waals surface area contributed by atoms with Crippen molar-refractivity contribution < 1.29 is 14.4 Å².